The molecular formula is C19H28ClFN4O2. The maximum Gasteiger partial charge on any atom is 0.410 e. The van der Waals surface area contributed by atoms with E-state index in [1.165, 1.54) is 0 Å². The molecular weight excluding hydrogens is 371 g/mol. The van der Waals surface area contributed by atoms with Crippen molar-refractivity contribution in [3.05, 3.63) is 17.3 Å². The van der Waals surface area contributed by atoms with Crippen LogP contribution in [0.5, 0.6) is 0 Å². The van der Waals surface area contributed by atoms with Gasteiger partial charge in [0.15, 0.2) is 11.6 Å². The molecule has 0 atom stereocenters. The van der Waals surface area contributed by atoms with Gasteiger partial charge in [-0.15, -0.1) is 0 Å². The maximum absolute atomic E-state index is 14.0. The van der Waals surface area contributed by atoms with Crippen LogP contribution in [-0.2, 0) is 4.74 Å². The van der Waals surface area contributed by atoms with Gasteiger partial charge in [-0.05, 0) is 69.9 Å². The van der Waals surface area contributed by atoms with Crippen LogP contribution in [-0.4, -0.2) is 52.7 Å². The van der Waals surface area contributed by atoms with Crippen LogP contribution in [0.15, 0.2) is 6.20 Å². The van der Waals surface area contributed by atoms with Gasteiger partial charge >= 0.3 is 6.09 Å². The van der Waals surface area contributed by atoms with E-state index < -0.39 is 11.4 Å². The zero-order valence-corrected chi connectivity index (χ0v) is 17.0. The minimum absolute atomic E-state index is 0.0723. The second-order valence-electron chi connectivity index (χ2n) is 8.44. The van der Waals surface area contributed by atoms with Gasteiger partial charge in [-0.1, -0.05) is 0 Å². The second-order valence-corrected chi connectivity index (χ2v) is 8.78. The molecule has 0 saturated carbocycles. The zero-order valence-electron chi connectivity index (χ0n) is 16.3. The van der Waals surface area contributed by atoms with Gasteiger partial charge in [-0.2, -0.15) is 4.98 Å². The third kappa shape index (κ3) is 5.21. The fourth-order valence-corrected chi connectivity index (χ4v) is 4.15. The van der Waals surface area contributed by atoms with Gasteiger partial charge in [0, 0.05) is 26.2 Å². The van der Waals surface area contributed by atoms with Gasteiger partial charge in [0.2, 0.25) is 5.28 Å². The highest BCUT2D eigenvalue weighted by Crippen LogP contribution is 2.34. The molecule has 1 aromatic rings. The smallest absolute Gasteiger partial charge is 0.410 e. The molecule has 2 aliphatic heterocycles. The SMILES string of the molecule is CC(C)(C)OC(=O)N1CCC(C2CCN(c3nc(Cl)ncc3F)CC2)CC1. The van der Waals surface area contributed by atoms with Crippen molar-refractivity contribution >= 4 is 23.5 Å². The molecule has 3 rings (SSSR count). The summed E-state index contributed by atoms with van der Waals surface area (Å²) in [6.07, 6.45) is 4.90. The Hall–Kier alpha value is -1.63. The van der Waals surface area contributed by atoms with Gasteiger partial charge in [-0.3, -0.25) is 0 Å². The summed E-state index contributed by atoms with van der Waals surface area (Å²) in [7, 11) is 0. The predicted octanol–water partition coefficient (Wildman–Crippen LogP) is 4.13. The third-order valence-electron chi connectivity index (χ3n) is 5.39. The van der Waals surface area contributed by atoms with Crippen molar-refractivity contribution in [2.45, 2.75) is 52.1 Å². The summed E-state index contributed by atoms with van der Waals surface area (Å²) < 4.78 is 19.4. The number of ether oxygens (including phenoxy) is 1. The van der Waals surface area contributed by atoms with E-state index in [2.05, 4.69) is 9.97 Å². The average Bonchev–Trinajstić information content (AvgIpc) is 2.63. The standard InChI is InChI=1S/C19H28ClFN4O2/c1-19(2,3)27-18(26)25-10-6-14(7-11-25)13-4-8-24(9-5-13)16-15(21)12-22-17(20)23-16/h12-14H,4-11H2,1-3H3. The van der Waals surface area contributed by atoms with Crippen molar-refractivity contribution in [1.29, 1.82) is 0 Å². The Kier molecular flexibility index (Phi) is 6.08. The monoisotopic (exact) mass is 398 g/mol. The number of hydrogen-bond donors (Lipinski definition) is 0. The van der Waals surface area contributed by atoms with Crippen LogP contribution in [0.25, 0.3) is 0 Å². The lowest BCUT2D eigenvalue weighted by atomic mass is 9.79. The minimum Gasteiger partial charge on any atom is -0.444 e. The van der Waals surface area contributed by atoms with Gasteiger partial charge < -0.3 is 14.5 Å². The first-order chi connectivity index (χ1) is 12.7. The summed E-state index contributed by atoms with van der Waals surface area (Å²) >= 11 is 5.81. The average molecular weight is 399 g/mol. The lowest BCUT2D eigenvalue weighted by Gasteiger charge is -2.40. The molecule has 27 heavy (non-hydrogen) atoms. The largest absolute Gasteiger partial charge is 0.444 e. The van der Waals surface area contributed by atoms with E-state index in [0.717, 1.165) is 58.1 Å². The topological polar surface area (TPSA) is 58.6 Å². The first-order valence-electron chi connectivity index (χ1n) is 9.64. The molecule has 0 N–H and O–H groups in total. The van der Waals surface area contributed by atoms with Crippen LogP contribution in [0, 0.1) is 17.7 Å². The zero-order chi connectivity index (χ0) is 19.6. The van der Waals surface area contributed by atoms with E-state index in [1.54, 1.807) is 0 Å². The van der Waals surface area contributed by atoms with Crippen LogP contribution < -0.4 is 4.90 Å². The second kappa shape index (κ2) is 8.17. The molecule has 0 unspecified atom stereocenters. The molecule has 0 spiro atoms. The molecule has 2 aliphatic rings. The molecule has 0 bridgehead atoms. The first kappa shape index (κ1) is 20.1. The number of hydrogen-bond acceptors (Lipinski definition) is 5. The van der Waals surface area contributed by atoms with Crippen molar-refractivity contribution in [1.82, 2.24) is 14.9 Å². The fraction of sp³-hybridized carbons (Fsp3) is 0.737. The lowest BCUT2D eigenvalue weighted by Crippen LogP contribution is -2.44. The molecule has 0 aromatic carbocycles. The van der Waals surface area contributed by atoms with Crippen molar-refractivity contribution in [2.24, 2.45) is 11.8 Å². The quantitative estimate of drug-likeness (QED) is 0.701. The highest BCUT2D eigenvalue weighted by Gasteiger charge is 2.33. The summed E-state index contributed by atoms with van der Waals surface area (Å²) in [5, 5.41) is 0.0723. The number of carbonyl (C=O) groups is 1. The Balaban J connectivity index is 1.48. The van der Waals surface area contributed by atoms with E-state index in [9.17, 15) is 9.18 Å². The molecule has 2 fully saturated rings. The van der Waals surface area contributed by atoms with Crippen molar-refractivity contribution in [3.8, 4) is 0 Å². The number of nitrogens with zero attached hydrogens (tertiary/aromatic N) is 4. The first-order valence-corrected chi connectivity index (χ1v) is 10.0. The van der Waals surface area contributed by atoms with Gasteiger partial charge in [0.05, 0.1) is 6.20 Å². The molecule has 0 radical (unpaired) electrons. The predicted molar refractivity (Wildman–Crippen MR) is 102 cm³/mol. The molecule has 150 valence electrons. The highest BCUT2D eigenvalue weighted by atomic mass is 35.5. The molecule has 2 saturated heterocycles. The third-order valence-corrected chi connectivity index (χ3v) is 5.58. The van der Waals surface area contributed by atoms with Crippen LogP contribution in [0.2, 0.25) is 5.28 Å². The fourth-order valence-electron chi connectivity index (χ4n) is 4.02. The Bertz CT molecular complexity index is 666. The number of piperidine rings is 2. The number of amides is 1. The molecule has 0 aliphatic carbocycles. The van der Waals surface area contributed by atoms with Gasteiger partial charge in [0.25, 0.3) is 0 Å². The van der Waals surface area contributed by atoms with E-state index >= 15 is 0 Å². The Morgan fingerprint density at radius 3 is 2.26 bits per heavy atom. The summed E-state index contributed by atoms with van der Waals surface area (Å²) in [5.41, 5.74) is -0.458. The van der Waals surface area contributed by atoms with Crippen molar-refractivity contribution in [3.63, 3.8) is 0 Å². The number of carbonyl (C=O) groups excluding carboxylic acids is 1. The Labute approximate surface area is 165 Å². The maximum atomic E-state index is 14.0. The number of aromatic nitrogens is 2. The Morgan fingerprint density at radius 1 is 1.15 bits per heavy atom. The highest BCUT2D eigenvalue weighted by molar-refractivity contribution is 6.28. The lowest BCUT2D eigenvalue weighted by molar-refractivity contribution is 0.0152. The van der Waals surface area contributed by atoms with Crippen LogP contribution >= 0.6 is 11.6 Å². The van der Waals surface area contributed by atoms with E-state index in [4.69, 9.17) is 16.3 Å². The Morgan fingerprint density at radius 2 is 1.70 bits per heavy atom. The summed E-state index contributed by atoms with van der Waals surface area (Å²) in [5.74, 6) is 1.07. The van der Waals surface area contributed by atoms with E-state index in [1.807, 2.05) is 30.6 Å². The number of anilines is 1. The molecule has 1 aromatic heterocycles. The van der Waals surface area contributed by atoms with E-state index in [-0.39, 0.29) is 11.4 Å². The molecule has 6 nitrogen and oxygen atoms in total. The van der Waals surface area contributed by atoms with Crippen molar-refractivity contribution < 1.29 is 13.9 Å². The molecule has 3 heterocycles. The summed E-state index contributed by atoms with van der Waals surface area (Å²) in [6.45, 7) is 8.69. The van der Waals surface area contributed by atoms with Crippen LogP contribution in [0.1, 0.15) is 46.5 Å². The van der Waals surface area contributed by atoms with Crippen LogP contribution in [0.4, 0.5) is 15.0 Å². The summed E-state index contributed by atoms with van der Waals surface area (Å²) in [6, 6.07) is 0. The van der Waals surface area contributed by atoms with Gasteiger partial charge in [-0.25, -0.2) is 14.2 Å². The normalized spacial score (nSPS) is 20.0. The molecule has 8 heteroatoms. The minimum atomic E-state index is -0.458. The summed E-state index contributed by atoms with van der Waals surface area (Å²) in [4.78, 5) is 23.7. The number of rotatable bonds is 2. The van der Waals surface area contributed by atoms with E-state index in [0.29, 0.717) is 17.7 Å². The van der Waals surface area contributed by atoms with Gasteiger partial charge in [0.1, 0.15) is 5.60 Å². The van der Waals surface area contributed by atoms with Crippen molar-refractivity contribution in [2.75, 3.05) is 31.1 Å². The molecule has 1 amide bonds. The number of likely N-dealkylation sites (tertiary alicyclic amines) is 1. The number of halogens is 2. The van der Waals surface area contributed by atoms with Crippen LogP contribution in [0.3, 0.4) is 0 Å².